The fraction of sp³-hybridized carbons (Fsp3) is 0.222. The maximum Gasteiger partial charge on any atom is 0.338 e. The second-order valence-corrected chi connectivity index (χ2v) is 5.33. The predicted molar refractivity (Wildman–Crippen MR) is 90.2 cm³/mol. The first-order valence-electron chi connectivity index (χ1n) is 8.01. The second kappa shape index (κ2) is 8.05. The Balaban J connectivity index is 1.58. The standard InChI is InChI=1S/C18H18N4O3/c1-2-12-22-17(19-20-21-22)13-24-18(23)14-8-10-16(11-9-14)25-15-6-4-3-5-7-15/h3-11H,2,12-13H2,1H3. The lowest BCUT2D eigenvalue weighted by atomic mass is 10.2. The van der Waals surface area contributed by atoms with Crippen molar-refractivity contribution in [1.29, 1.82) is 0 Å². The molecule has 7 nitrogen and oxygen atoms in total. The van der Waals surface area contributed by atoms with Crippen molar-refractivity contribution in [1.82, 2.24) is 20.2 Å². The molecule has 2 aromatic carbocycles. The Morgan fingerprint density at radius 1 is 1.04 bits per heavy atom. The van der Waals surface area contributed by atoms with Crippen molar-refractivity contribution in [3.05, 3.63) is 66.0 Å². The summed E-state index contributed by atoms with van der Waals surface area (Å²) in [5.74, 6) is 1.48. The fourth-order valence-corrected chi connectivity index (χ4v) is 2.21. The number of aromatic nitrogens is 4. The Bertz CT molecular complexity index is 816. The van der Waals surface area contributed by atoms with Crippen LogP contribution in [0.2, 0.25) is 0 Å². The van der Waals surface area contributed by atoms with E-state index in [9.17, 15) is 4.79 Å². The fourth-order valence-electron chi connectivity index (χ4n) is 2.21. The number of benzene rings is 2. The van der Waals surface area contributed by atoms with E-state index in [1.165, 1.54) is 0 Å². The van der Waals surface area contributed by atoms with Gasteiger partial charge in [0.25, 0.3) is 0 Å². The molecule has 1 aromatic heterocycles. The zero-order chi connectivity index (χ0) is 17.5. The highest BCUT2D eigenvalue weighted by molar-refractivity contribution is 5.89. The summed E-state index contributed by atoms with van der Waals surface area (Å²) in [5.41, 5.74) is 0.440. The highest BCUT2D eigenvalue weighted by atomic mass is 16.5. The van der Waals surface area contributed by atoms with Crippen LogP contribution in [-0.2, 0) is 17.9 Å². The van der Waals surface area contributed by atoms with Crippen molar-refractivity contribution >= 4 is 5.97 Å². The molecule has 0 aliphatic heterocycles. The van der Waals surface area contributed by atoms with Gasteiger partial charge in [-0.15, -0.1) is 5.10 Å². The molecule has 128 valence electrons. The molecule has 0 bridgehead atoms. The van der Waals surface area contributed by atoms with Crippen molar-refractivity contribution in [2.45, 2.75) is 26.5 Å². The summed E-state index contributed by atoms with van der Waals surface area (Å²) in [6.45, 7) is 2.75. The third kappa shape index (κ3) is 4.41. The Labute approximate surface area is 145 Å². The van der Waals surface area contributed by atoms with E-state index in [1.54, 1.807) is 28.9 Å². The molecule has 3 rings (SSSR count). The van der Waals surface area contributed by atoms with Gasteiger partial charge in [-0.25, -0.2) is 9.48 Å². The summed E-state index contributed by atoms with van der Waals surface area (Å²) in [6.07, 6.45) is 0.898. The molecule has 3 aromatic rings. The molecular weight excluding hydrogens is 320 g/mol. The third-order valence-electron chi connectivity index (χ3n) is 3.44. The highest BCUT2D eigenvalue weighted by Gasteiger charge is 2.11. The molecule has 0 atom stereocenters. The van der Waals surface area contributed by atoms with Gasteiger partial charge in [0.1, 0.15) is 11.5 Å². The molecule has 0 aliphatic rings. The van der Waals surface area contributed by atoms with Crippen molar-refractivity contribution in [3.8, 4) is 11.5 Å². The van der Waals surface area contributed by atoms with Gasteiger partial charge in [-0.1, -0.05) is 25.1 Å². The summed E-state index contributed by atoms with van der Waals surface area (Å²) < 4.78 is 12.6. The number of tetrazole rings is 1. The maximum atomic E-state index is 12.1. The van der Waals surface area contributed by atoms with E-state index in [0.717, 1.165) is 12.2 Å². The van der Waals surface area contributed by atoms with Gasteiger partial charge in [0.05, 0.1) is 5.56 Å². The first-order chi connectivity index (χ1) is 12.3. The number of hydrogen-bond acceptors (Lipinski definition) is 6. The number of aryl methyl sites for hydroxylation is 1. The molecule has 0 spiro atoms. The molecule has 0 aliphatic carbocycles. The van der Waals surface area contributed by atoms with Gasteiger partial charge in [0, 0.05) is 6.54 Å². The molecule has 0 amide bonds. The zero-order valence-corrected chi connectivity index (χ0v) is 13.8. The minimum absolute atomic E-state index is 0.0358. The number of ether oxygens (including phenoxy) is 2. The molecule has 1 heterocycles. The lowest BCUT2D eigenvalue weighted by Crippen LogP contribution is -2.11. The van der Waals surface area contributed by atoms with Gasteiger partial charge in [-0.2, -0.15) is 0 Å². The van der Waals surface area contributed by atoms with Crippen LogP contribution in [0.25, 0.3) is 0 Å². The quantitative estimate of drug-likeness (QED) is 0.615. The number of para-hydroxylation sites is 1. The van der Waals surface area contributed by atoms with E-state index < -0.39 is 5.97 Å². The van der Waals surface area contributed by atoms with Crippen molar-refractivity contribution in [2.75, 3.05) is 0 Å². The smallest absolute Gasteiger partial charge is 0.338 e. The van der Waals surface area contributed by atoms with Gasteiger partial charge < -0.3 is 9.47 Å². The van der Waals surface area contributed by atoms with E-state index >= 15 is 0 Å². The van der Waals surface area contributed by atoms with Gasteiger partial charge in [-0.3, -0.25) is 0 Å². The number of carbonyl (C=O) groups is 1. The average Bonchev–Trinajstić information content (AvgIpc) is 3.09. The van der Waals surface area contributed by atoms with E-state index in [0.29, 0.717) is 23.7 Å². The SMILES string of the molecule is CCCn1nnnc1COC(=O)c1ccc(Oc2ccccc2)cc1. The molecule has 0 saturated carbocycles. The first kappa shape index (κ1) is 16.6. The average molecular weight is 338 g/mol. The van der Waals surface area contributed by atoms with Crippen LogP contribution in [0.1, 0.15) is 29.5 Å². The Kier molecular flexibility index (Phi) is 5.36. The number of hydrogen-bond donors (Lipinski definition) is 0. The molecule has 25 heavy (non-hydrogen) atoms. The molecule has 7 heteroatoms. The molecule has 0 radical (unpaired) electrons. The number of carbonyl (C=O) groups excluding carboxylic acids is 1. The summed E-state index contributed by atoms with van der Waals surface area (Å²) in [5, 5.41) is 11.3. The third-order valence-corrected chi connectivity index (χ3v) is 3.44. The zero-order valence-electron chi connectivity index (χ0n) is 13.8. The summed E-state index contributed by atoms with van der Waals surface area (Å²) >= 11 is 0. The first-order valence-corrected chi connectivity index (χ1v) is 8.01. The molecule has 0 unspecified atom stereocenters. The summed E-state index contributed by atoms with van der Waals surface area (Å²) in [4.78, 5) is 12.1. The number of esters is 1. The lowest BCUT2D eigenvalue weighted by molar-refractivity contribution is 0.0456. The number of rotatable bonds is 7. The molecular formula is C18H18N4O3. The van der Waals surface area contributed by atoms with Crippen molar-refractivity contribution in [3.63, 3.8) is 0 Å². The Morgan fingerprint density at radius 2 is 1.76 bits per heavy atom. The van der Waals surface area contributed by atoms with Crippen LogP contribution in [0.5, 0.6) is 11.5 Å². The van der Waals surface area contributed by atoms with Gasteiger partial charge in [0.15, 0.2) is 12.4 Å². The lowest BCUT2D eigenvalue weighted by Gasteiger charge is -2.07. The maximum absolute atomic E-state index is 12.1. The van der Waals surface area contributed by atoms with Crippen LogP contribution in [0, 0.1) is 0 Å². The summed E-state index contributed by atoms with van der Waals surface area (Å²) in [7, 11) is 0. The second-order valence-electron chi connectivity index (χ2n) is 5.33. The van der Waals surface area contributed by atoms with E-state index in [-0.39, 0.29) is 6.61 Å². The van der Waals surface area contributed by atoms with Gasteiger partial charge >= 0.3 is 5.97 Å². The number of nitrogens with zero attached hydrogens (tertiary/aromatic N) is 4. The van der Waals surface area contributed by atoms with Gasteiger partial charge in [-0.05, 0) is 53.2 Å². The Morgan fingerprint density at radius 3 is 2.48 bits per heavy atom. The monoisotopic (exact) mass is 338 g/mol. The van der Waals surface area contributed by atoms with Crippen LogP contribution < -0.4 is 4.74 Å². The van der Waals surface area contributed by atoms with E-state index in [2.05, 4.69) is 15.5 Å². The largest absolute Gasteiger partial charge is 0.457 e. The van der Waals surface area contributed by atoms with Crippen LogP contribution in [0.3, 0.4) is 0 Å². The minimum Gasteiger partial charge on any atom is -0.457 e. The Hall–Kier alpha value is -3.22. The predicted octanol–water partition coefficient (Wildman–Crippen LogP) is 3.23. The van der Waals surface area contributed by atoms with Crippen molar-refractivity contribution < 1.29 is 14.3 Å². The normalized spacial score (nSPS) is 10.4. The van der Waals surface area contributed by atoms with E-state index in [4.69, 9.17) is 9.47 Å². The van der Waals surface area contributed by atoms with Crippen LogP contribution in [0.15, 0.2) is 54.6 Å². The van der Waals surface area contributed by atoms with Gasteiger partial charge in [0.2, 0.25) is 0 Å². The molecule has 0 N–H and O–H groups in total. The topological polar surface area (TPSA) is 79.1 Å². The minimum atomic E-state index is -0.433. The van der Waals surface area contributed by atoms with Crippen LogP contribution in [0.4, 0.5) is 0 Å². The van der Waals surface area contributed by atoms with E-state index in [1.807, 2.05) is 37.3 Å². The van der Waals surface area contributed by atoms with Crippen LogP contribution in [-0.4, -0.2) is 26.2 Å². The summed E-state index contributed by atoms with van der Waals surface area (Å²) in [6, 6.07) is 16.2. The highest BCUT2D eigenvalue weighted by Crippen LogP contribution is 2.21. The molecule has 0 saturated heterocycles. The van der Waals surface area contributed by atoms with Crippen LogP contribution >= 0.6 is 0 Å². The molecule has 0 fully saturated rings. The van der Waals surface area contributed by atoms with Crippen molar-refractivity contribution in [2.24, 2.45) is 0 Å².